The van der Waals surface area contributed by atoms with Gasteiger partial charge in [0.1, 0.15) is 5.75 Å². The highest BCUT2D eigenvalue weighted by molar-refractivity contribution is 5.49. The van der Waals surface area contributed by atoms with Crippen LogP contribution in [-0.2, 0) is 0 Å². The lowest BCUT2D eigenvalue weighted by Gasteiger charge is -2.19. The first-order chi connectivity index (χ1) is 9.25. The molecule has 3 heteroatoms. The van der Waals surface area contributed by atoms with Gasteiger partial charge in [-0.2, -0.15) is 0 Å². The number of hydrogen-bond acceptors (Lipinski definition) is 3. The third-order valence-corrected chi connectivity index (χ3v) is 3.83. The summed E-state index contributed by atoms with van der Waals surface area (Å²) >= 11 is 0. The second kappa shape index (κ2) is 7.39. The average Bonchev–Trinajstić information content (AvgIpc) is 2.67. The molecule has 1 saturated heterocycles. The SMILES string of the molecule is Cc1cc(OCCCN2CCCCCC2)ccc1N. The topological polar surface area (TPSA) is 38.5 Å². The molecule has 0 aliphatic carbocycles. The number of ether oxygens (including phenoxy) is 1. The first-order valence-corrected chi connectivity index (χ1v) is 7.47. The van der Waals surface area contributed by atoms with Crippen molar-refractivity contribution < 1.29 is 4.74 Å². The van der Waals surface area contributed by atoms with Gasteiger partial charge >= 0.3 is 0 Å². The van der Waals surface area contributed by atoms with Crippen LogP contribution in [0.5, 0.6) is 5.75 Å². The lowest BCUT2D eigenvalue weighted by molar-refractivity contribution is 0.240. The zero-order chi connectivity index (χ0) is 13.5. The summed E-state index contributed by atoms with van der Waals surface area (Å²) in [7, 11) is 0. The van der Waals surface area contributed by atoms with Gasteiger partial charge in [-0.3, -0.25) is 0 Å². The van der Waals surface area contributed by atoms with E-state index in [9.17, 15) is 0 Å². The van der Waals surface area contributed by atoms with Crippen molar-refractivity contribution in [1.82, 2.24) is 4.90 Å². The molecule has 3 nitrogen and oxygen atoms in total. The maximum absolute atomic E-state index is 5.79. The molecule has 0 atom stereocenters. The number of aryl methyl sites for hydroxylation is 1. The third kappa shape index (κ3) is 4.75. The molecule has 19 heavy (non-hydrogen) atoms. The molecule has 1 aliphatic heterocycles. The minimum absolute atomic E-state index is 0.792. The second-order valence-electron chi connectivity index (χ2n) is 5.48. The Morgan fingerprint density at radius 2 is 1.89 bits per heavy atom. The molecular weight excluding hydrogens is 236 g/mol. The van der Waals surface area contributed by atoms with Crippen LogP contribution >= 0.6 is 0 Å². The summed E-state index contributed by atoms with van der Waals surface area (Å²) in [5, 5.41) is 0. The normalized spacial score (nSPS) is 17.1. The molecule has 106 valence electrons. The summed E-state index contributed by atoms with van der Waals surface area (Å²) in [5.41, 5.74) is 7.71. The molecular formula is C16H26N2O. The van der Waals surface area contributed by atoms with Gasteiger partial charge in [0.05, 0.1) is 6.61 Å². The molecule has 0 radical (unpaired) electrons. The van der Waals surface area contributed by atoms with Crippen LogP contribution in [0.25, 0.3) is 0 Å². The zero-order valence-corrected chi connectivity index (χ0v) is 12.0. The second-order valence-corrected chi connectivity index (χ2v) is 5.48. The van der Waals surface area contributed by atoms with Gasteiger partial charge in [-0.1, -0.05) is 12.8 Å². The van der Waals surface area contributed by atoms with Gasteiger partial charge < -0.3 is 15.4 Å². The fourth-order valence-electron chi connectivity index (χ4n) is 2.58. The molecule has 0 saturated carbocycles. The van der Waals surface area contributed by atoms with Gasteiger partial charge in [0.2, 0.25) is 0 Å². The number of likely N-dealkylation sites (tertiary alicyclic amines) is 1. The fraction of sp³-hybridized carbons (Fsp3) is 0.625. The molecule has 1 aromatic carbocycles. The Balaban J connectivity index is 1.67. The smallest absolute Gasteiger partial charge is 0.119 e. The largest absolute Gasteiger partial charge is 0.494 e. The molecule has 0 bridgehead atoms. The van der Waals surface area contributed by atoms with Crippen molar-refractivity contribution in [3.05, 3.63) is 23.8 Å². The zero-order valence-electron chi connectivity index (χ0n) is 12.0. The predicted octanol–water partition coefficient (Wildman–Crippen LogP) is 3.22. The molecule has 0 unspecified atom stereocenters. The average molecular weight is 262 g/mol. The van der Waals surface area contributed by atoms with Crippen molar-refractivity contribution in [3.8, 4) is 5.75 Å². The minimum atomic E-state index is 0.792. The number of nitrogens with zero attached hydrogens (tertiary/aromatic N) is 1. The van der Waals surface area contributed by atoms with E-state index in [0.717, 1.165) is 36.6 Å². The maximum Gasteiger partial charge on any atom is 0.119 e. The van der Waals surface area contributed by atoms with Crippen LogP contribution in [0, 0.1) is 6.92 Å². The molecule has 2 rings (SSSR count). The number of hydrogen-bond donors (Lipinski definition) is 1. The number of anilines is 1. The van der Waals surface area contributed by atoms with Crippen LogP contribution in [0.1, 0.15) is 37.7 Å². The van der Waals surface area contributed by atoms with Crippen molar-refractivity contribution in [2.24, 2.45) is 0 Å². The highest BCUT2D eigenvalue weighted by Crippen LogP contribution is 2.18. The van der Waals surface area contributed by atoms with Gasteiger partial charge in [-0.05, 0) is 63.0 Å². The van der Waals surface area contributed by atoms with Gasteiger partial charge in [0, 0.05) is 12.2 Å². The first-order valence-electron chi connectivity index (χ1n) is 7.47. The monoisotopic (exact) mass is 262 g/mol. The lowest BCUT2D eigenvalue weighted by Crippen LogP contribution is -2.26. The quantitative estimate of drug-likeness (QED) is 0.654. The minimum Gasteiger partial charge on any atom is -0.494 e. The number of nitrogen functional groups attached to an aromatic ring is 1. The van der Waals surface area contributed by atoms with Crippen LogP contribution in [0.3, 0.4) is 0 Å². The summed E-state index contributed by atoms with van der Waals surface area (Å²) in [6, 6.07) is 5.88. The van der Waals surface area contributed by atoms with Crippen LogP contribution in [-0.4, -0.2) is 31.1 Å². The Kier molecular flexibility index (Phi) is 5.52. The Hall–Kier alpha value is -1.22. The van der Waals surface area contributed by atoms with Crippen LogP contribution < -0.4 is 10.5 Å². The number of rotatable bonds is 5. The standard InChI is InChI=1S/C16H26N2O/c1-14-13-15(7-8-16(14)17)19-12-6-11-18-9-4-2-3-5-10-18/h7-8,13H,2-6,9-12,17H2,1H3. The highest BCUT2D eigenvalue weighted by Gasteiger charge is 2.08. The Bertz CT molecular complexity index is 384. The molecule has 0 spiro atoms. The summed E-state index contributed by atoms with van der Waals surface area (Å²) in [6.07, 6.45) is 6.62. The molecule has 1 aromatic rings. The highest BCUT2D eigenvalue weighted by atomic mass is 16.5. The van der Waals surface area contributed by atoms with Crippen LogP contribution in [0.2, 0.25) is 0 Å². The van der Waals surface area contributed by atoms with E-state index in [0.29, 0.717) is 0 Å². The van der Waals surface area contributed by atoms with E-state index >= 15 is 0 Å². The van der Waals surface area contributed by atoms with Crippen molar-refractivity contribution in [3.63, 3.8) is 0 Å². The van der Waals surface area contributed by atoms with Gasteiger partial charge in [0.15, 0.2) is 0 Å². The summed E-state index contributed by atoms with van der Waals surface area (Å²) in [4.78, 5) is 2.57. The van der Waals surface area contributed by atoms with E-state index < -0.39 is 0 Å². The van der Waals surface area contributed by atoms with E-state index in [4.69, 9.17) is 10.5 Å². The van der Waals surface area contributed by atoms with Gasteiger partial charge in [0.25, 0.3) is 0 Å². The summed E-state index contributed by atoms with van der Waals surface area (Å²) in [6.45, 7) is 6.50. The molecule has 0 amide bonds. The lowest BCUT2D eigenvalue weighted by atomic mass is 10.2. The molecule has 1 aliphatic rings. The van der Waals surface area contributed by atoms with Crippen LogP contribution in [0.15, 0.2) is 18.2 Å². The molecule has 1 fully saturated rings. The number of nitrogens with two attached hydrogens (primary N) is 1. The van der Waals surface area contributed by atoms with E-state index in [2.05, 4.69) is 4.90 Å². The Morgan fingerprint density at radius 1 is 1.16 bits per heavy atom. The maximum atomic E-state index is 5.79. The van der Waals surface area contributed by atoms with Crippen molar-refractivity contribution >= 4 is 5.69 Å². The van der Waals surface area contributed by atoms with Crippen molar-refractivity contribution in [1.29, 1.82) is 0 Å². The van der Waals surface area contributed by atoms with Crippen molar-refractivity contribution in [2.75, 3.05) is 32.0 Å². The van der Waals surface area contributed by atoms with E-state index in [1.54, 1.807) is 0 Å². The van der Waals surface area contributed by atoms with Crippen LogP contribution in [0.4, 0.5) is 5.69 Å². The van der Waals surface area contributed by atoms with Crippen molar-refractivity contribution in [2.45, 2.75) is 39.0 Å². The summed E-state index contributed by atoms with van der Waals surface area (Å²) < 4.78 is 5.78. The van der Waals surface area contributed by atoms with E-state index in [1.807, 2.05) is 25.1 Å². The Labute approximate surface area is 116 Å². The Morgan fingerprint density at radius 3 is 2.58 bits per heavy atom. The third-order valence-electron chi connectivity index (χ3n) is 3.83. The first kappa shape index (κ1) is 14.2. The molecule has 1 heterocycles. The van der Waals surface area contributed by atoms with Gasteiger partial charge in [-0.25, -0.2) is 0 Å². The predicted molar refractivity (Wildman–Crippen MR) is 80.6 cm³/mol. The molecule has 0 aromatic heterocycles. The summed E-state index contributed by atoms with van der Waals surface area (Å²) in [5.74, 6) is 0.933. The molecule has 2 N–H and O–H groups in total. The van der Waals surface area contributed by atoms with E-state index in [1.165, 1.54) is 38.8 Å². The van der Waals surface area contributed by atoms with E-state index in [-0.39, 0.29) is 0 Å². The fourth-order valence-corrected chi connectivity index (χ4v) is 2.58. The number of benzene rings is 1. The van der Waals surface area contributed by atoms with Gasteiger partial charge in [-0.15, -0.1) is 0 Å².